The van der Waals surface area contributed by atoms with Crippen LogP contribution in [-0.2, 0) is 26.2 Å². The van der Waals surface area contributed by atoms with E-state index < -0.39 is 28.5 Å². The molecule has 0 aromatic heterocycles. The fourth-order valence-electron chi connectivity index (χ4n) is 4.01. The number of sulfonamides is 1. The molecule has 0 radical (unpaired) electrons. The number of para-hydroxylation sites is 1. The molecule has 2 rings (SSSR count). The van der Waals surface area contributed by atoms with Crippen molar-refractivity contribution in [2.45, 2.75) is 72.0 Å². The van der Waals surface area contributed by atoms with Crippen molar-refractivity contribution in [3.8, 4) is 0 Å². The highest BCUT2D eigenvalue weighted by molar-refractivity contribution is 7.92. The van der Waals surface area contributed by atoms with Crippen LogP contribution in [0.25, 0.3) is 0 Å². The highest BCUT2D eigenvalue weighted by Crippen LogP contribution is 2.30. The van der Waals surface area contributed by atoms with E-state index in [4.69, 9.17) is 23.2 Å². The number of halogens is 2. The number of hydrogen-bond donors (Lipinski definition) is 1. The third-order valence-electron chi connectivity index (χ3n) is 6.28. The van der Waals surface area contributed by atoms with Gasteiger partial charge in [0.05, 0.1) is 11.9 Å². The normalized spacial score (nSPS) is 13.2. The largest absolute Gasteiger partial charge is 0.352 e. The minimum absolute atomic E-state index is 0.0262. The number of hydrogen-bond acceptors (Lipinski definition) is 4. The first-order valence-corrected chi connectivity index (χ1v) is 15.0. The summed E-state index contributed by atoms with van der Waals surface area (Å²) in [7, 11) is -3.83. The summed E-state index contributed by atoms with van der Waals surface area (Å²) in [5.41, 5.74) is 1.71. The molecular formula is C27H37Cl2N3O4S. The Morgan fingerprint density at radius 1 is 0.946 bits per heavy atom. The van der Waals surface area contributed by atoms with Crippen molar-refractivity contribution in [1.82, 2.24) is 10.2 Å². The van der Waals surface area contributed by atoms with Crippen LogP contribution in [0, 0.1) is 0 Å². The summed E-state index contributed by atoms with van der Waals surface area (Å²) in [5.74, 6) is -0.828. The molecule has 0 saturated carbocycles. The van der Waals surface area contributed by atoms with Crippen molar-refractivity contribution in [1.29, 1.82) is 0 Å². The summed E-state index contributed by atoms with van der Waals surface area (Å²) < 4.78 is 26.9. The Kier molecular flexibility index (Phi) is 11.3. The van der Waals surface area contributed by atoms with Crippen molar-refractivity contribution in [2.75, 3.05) is 17.1 Å². The molecule has 0 spiro atoms. The lowest BCUT2D eigenvalue weighted by Gasteiger charge is -2.34. The van der Waals surface area contributed by atoms with Gasteiger partial charge in [-0.05, 0) is 49.4 Å². The Labute approximate surface area is 231 Å². The molecule has 1 N–H and O–H groups in total. The third-order valence-corrected chi connectivity index (χ3v) is 8.12. The molecular weight excluding hydrogens is 533 g/mol. The van der Waals surface area contributed by atoms with E-state index >= 15 is 0 Å². The van der Waals surface area contributed by atoms with Gasteiger partial charge >= 0.3 is 0 Å². The summed E-state index contributed by atoms with van der Waals surface area (Å²) >= 11 is 12.8. The van der Waals surface area contributed by atoms with Crippen LogP contribution in [0.2, 0.25) is 10.0 Å². The number of benzene rings is 2. The van der Waals surface area contributed by atoms with Gasteiger partial charge in [0, 0.05) is 28.2 Å². The molecule has 37 heavy (non-hydrogen) atoms. The smallest absolute Gasteiger partial charge is 0.244 e. The molecule has 0 fully saturated rings. The molecule has 2 aromatic rings. The maximum atomic E-state index is 13.9. The maximum absolute atomic E-state index is 13.9. The second-order valence-electron chi connectivity index (χ2n) is 9.45. The Bertz CT molecular complexity index is 1180. The Hall–Kier alpha value is -2.29. The van der Waals surface area contributed by atoms with Gasteiger partial charge < -0.3 is 10.2 Å². The Morgan fingerprint density at radius 2 is 1.54 bits per heavy atom. The van der Waals surface area contributed by atoms with E-state index in [1.807, 2.05) is 39.8 Å². The number of anilines is 1. The van der Waals surface area contributed by atoms with Crippen molar-refractivity contribution < 1.29 is 18.0 Å². The summed E-state index contributed by atoms with van der Waals surface area (Å²) in [5, 5.41) is 3.65. The monoisotopic (exact) mass is 569 g/mol. The van der Waals surface area contributed by atoms with Gasteiger partial charge in [0.1, 0.15) is 12.6 Å². The van der Waals surface area contributed by atoms with Crippen LogP contribution in [0.4, 0.5) is 5.69 Å². The predicted octanol–water partition coefficient (Wildman–Crippen LogP) is 5.60. The highest BCUT2D eigenvalue weighted by Gasteiger charge is 2.33. The van der Waals surface area contributed by atoms with Crippen LogP contribution in [0.15, 0.2) is 42.5 Å². The molecule has 0 saturated heterocycles. The standard InChI is InChI=1S/C27H37Cl2N3O4S/c1-7-19(5)30-27(34)24(8-2)31(16-21-22(28)13-11-14-23(21)29)26(33)17-32(37(6,35)36)25-15-10-9-12-20(25)18(3)4/h9-15,18-19,24H,7-8,16-17H2,1-6H3,(H,30,34)/t19-,24-/m1/s1. The number of amides is 2. The zero-order valence-electron chi connectivity index (χ0n) is 22.3. The SMILES string of the molecule is CC[C@@H](C)NC(=O)[C@@H](CC)N(Cc1c(Cl)cccc1Cl)C(=O)CN(c1ccccc1C(C)C)S(C)(=O)=O. The van der Waals surface area contributed by atoms with Gasteiger partial charge in [-0.2, -0.15) is 0 Å². The van der Waals surface area contributed by atoms with Crippen LogP contribution < -0.4 is 9.62 Å². The Morgan fingerprint density at radius 3 is 2.05 bits per heavy atom. The maximum Gasteiger partial charge on any atom is 0.244 e. The summed E-state index contributed by atoms with van der Waals surface area (Å²) in [6.45, 7) is 9.03. The molecule has 0 unspecified atom stereocenters. The molecule has 10 heteroatoms. The van der Waals surface area contributed by atoms with Gasteiger partial charge in [0.25, 0.3) is 0 Å². The minimum atomic E-state index is -3.83. The second kappa shape index (κ2) is 13.5. The van der Waals surface area contributed by atoms with Crippen LogP contribution in [-0.4, -0.2) is 50.0 Å². The van der Waals surface area contributed by atoms with E-state index in [-0.39, 0.29) is 24.4 Å². The number of carbonyl (C=O) groups is 2. The quantitative estimate of drug-likeness (QED) is 0.360. The van der Waals surface area contributed by atoms with Gasteiger partial charge in [-0.1, -0.05) is 75.2 Å². The molecule has 0 bridgehead atoms. The minimum Gasteiger partial charge on any atom is -0.352 e. The lowest BCUT2D eigenvalue weighted by atomic mass is 10.0. The van der Waals surface area contributed by atoms with Crippen molar-refractivity contribution in [3.05, 3.63) is 63.6 Å². The number of nitrogens with one attached hydrogen (secondary N) is 1. The zero-order chi connectivity index (χ0) is 27.9. The first kappa shape index (κ1) is 30.9. The fourth-order valence-corrected chi connectivity index (χ4v) is 5.40. The van der Waals surface area contributed by atoms with Gasteiger partial charge in [-0.25, -0.2) is 8.42 Å². The second-order valence-corrected chi connectivity index (χ2v) is 12.2. The predicted molar refractivity (Wildman–Crippen MR) is 152 cm³/mol. The number of rotatable bonds is 12. The van der Waals surface area contributed by atoms with Gasteiger partial charge in [0.2, 0.25) is 21.8 Å². The van der Waals surface area contributed by atoms with E-state index in [0.717, 1.165) is 22.5 Å². The average molecular weight is 571 g/mol. The van der Waals surface area contributed by atoms with E-state index in [9.17, 15) is 18.0 Å². The molecule has 2 amide bonds. The van der Waals surface area contributed by atoms with E-state index in [0.29, 0.717) is 27.7 Å². The van der Waals surface area contributed by atoms with E-state index in [2.05, 4.69) is 5.32 Å². The van der Waals surface area contributed by atoms with E-state index in [1.54, 1.807) is 37.3 Å². The molecule has 2 atom stereocenters. The number of nitrogens with zero attached hydrogens (tertiary/aromatic N) is 2. The molecule has 0 aliphatic heterocycles. The van der Waals surface area contributed by atoms with Gasteiger partial charge in [0.15, 0.2) is 0 Å². The molecule has 0 aliphatic carbocycles. The molecule has 204 valence electrons. The van der Waals surface area contributed by atoms with Crippen LogP contribution in [0.1, 0.15) is 64.5 Å². The highest BCUT2D eigenvalue weighted by atomic mass is 35.5. The van der Waals surface area contributed by atoms with Crippen LogP contribution >= 0.6 is 23.2 Å². The molecule has 0 aliphatic rings. The van der Waals surface area contributed by atoms with Crippen LogP contribution in [0.5, 0.6) is 0 Å². The molecule has 2 aromatic carbocycles. The lowest BCUT2D eigenvalue weighted by molar-refractivity contribution is -0.140. The van der Waals surface area contributed by atoms with Gasteiger partial charge in [-0.3, -0.25) is 13.9 Å². The third kappa shape index (κ3) is 8.09. The molecule has 7 nitrogen and oxygen atoms in total. The summed E-state index contributed by atoms with van der Waals surface area (Å²) in [4.78, 5) is 28.5. The fraction of sp³-hybridized carbons (Fsp3) is 0.481. The zero-order valence-corrected chi connectivity index (χ0v) is 24.6. The van der Waals surface area contributed by atoms with Crippen molar-refractivity contribution in [2.24, 2.45) is 0 Å². The topological polar surface area (TPSA) is 86.8 Å². The Balaban J connectivity index is 2.57. The summed E-state index contributed by atoms with van der Waals surface area (Å²) in [6, 6.07) is 11.2. The van der Waals surface area contributed by atoms with E-state index in [1.165, 1.54) is 4.90 Å². The number of carbonyl (C=O) groups excluding carboxylic acids is 2. The lowest BCUT2D eigenvalue weighted by Crippen LogP contribution is -2.53. The van der Waals surface area contributed by atoms with Crippen molar-refractivity contribution >= 4 is 50.7 Å². The summed E-state index contributed by atoms with van der Waals surface area (Å²) in [6.07, 6.45) is 2.11. The van der Waals surface area contributed by atoms with Crippen molar-refractivity contribution in [3.63, 3.8) is 0 Å². The molecule has 0 heterocycles. The first-order valence-electron chi connectivity index (χ1n) is 12.4. The average Bonchev–Trinajstić information content (AvgIpc) is 2.83. The first-order chi connectivity index (χ1) is 17.3. The van der Waals surface area contributed by atoms with Gasteiger partial charge in [-0.15, -0.1) is 0 Å². The van der Waals surface area contributed by atoms with Crippen LogP contribution in [0.3, 0.4) is 0 Å².